The normalized spacial score (nSPS) is 20.2. The first-order valence-corrected chi connectivity index (χ1v) is 6.13. The van der Waals surface area contributed by atoms with Crippen LogP contribution in [0.15, 0.2) is 11.4 Å². The number of carboxylic acid groups (broad SMARTS) is 1. The lowest BCUT2D eigenvalue weighted by atomic mass is 10.2. The topological polar surface area (TPSA) is 64.3 Å². The molecule has 1 aromatic rings. The monoisotopic (exact) mass is 242 g/mol. The molecule has 0 bridgehead atoms. The van der Waals surface area contributed by atoms with Gasteiger partial charge in [0, 0.05) is 18.5 Å². The zero-order valence-electron chi connectivity index (χ0n) is 9.05. The van der Waals surface area contributed by atoms with E-state index in [0.29, 0.717) is 12.6 Å². The fourth-order valence-electron chi connectivity index (χ4n) is 1.83. The van der Waals surface area contributed by atoms with E-state index < -0.39 is 5.97 Å². The highest BCUT2D eigenvalue weighted by Gasteiger charge is 2.22. The number of rotatable bonds is 4. The Hall–Kier alpha value is -1.01. The van der Waals surface area contributed by atoms with Crippen molar-refractivity contribution in [3.8, 4) is 0 Å². The predicted molar refractivity (Wildman–Crippen MR) is 59.8 cm³/mol. The van der Waals surface area contributed by atoms with Gasteiger partial charge < -0.3 is 14.4 Å². The fraction of sp³-hybridized carbons (Fsp3) is 0.600. The van der Waals surface area contributed by atoms with Crippen LogP contribution in [0.3, 0.4) is 0 Å². The van der Waals surface area contributed by atoms with Crippen LogP contribution in [0.5, 0.6) is 0 Å². The zero-order valence-corrected chi connectivity index (χ0v) is 9.87. The van der Waals surface area contributed by atoms with Gasteiger partial charge in [-0.15, -0.1) is 0 Å². The van der Waals surface area contributed by atoms with Gasteiger partial charge in [-0.3, -0.25) is 4.79 Å². The molecule has 1 aromatic heterocycles. The molecule has 0 amide bonds. The second-order valence-corrected chi connectivity index (χ2v) is 4.69. The Balaban J connectivity index is 2.14. The highest BCUT2D eigenvalue weighted by Crippen LogP contribution is 2.27. The van der Waals surface area contributed by atoms with E-state index in [1.54, 1.807) is 6.20 Å². The second kappa shape index (κ2) is 4.88. The van der Waals surface area contributed by atoms with Crippen LogP contribution in [-0.2, 0) is 9.53 Å². The van der Waals surface area contributed by atoms with E-state index in [1.165, 1.54) is 11.8 Å². The standard InChI is InChI=1S/C10H14N2O3S/c1-7-4-11-10(16-6-9(13)14)12(7)8-2-3-15-5-8/h4,8H,2-3,5-6H2,1H3,(H,13,14). The Bertz CT molecular complexity index is 385. The Labute approximate surface area is 97.8 Å². The van der Waals surface area contributed by atoms with Crippen molar-refractivity contribution in [3.05, 3.63) is 11.9 Å². The predicted octanol–water partition coefficient (Wildman–Crippen LogP) is 1.33. The summed E-state index contributed by atoms with van der Waals surface area (Å²) in [5.74, 6) is -0.774. The molecule has 2 rings (SSSR count). The Morgan fingerprint density at radius 1 is 1.81 bits per heavy atom. The van der Waals surface area contributed by atoms with Gasteiger partial charge in [-0.1, -0.05) is 11.8 Å². The van der Waals surface area contributed by atoms with Gasteiger partial charge >= 0.3 is 5.97 Å². The minimum Gasteiger partial charge on any atom is -0.481 e. The van der Waals surface area contributed by atoms with Crippen LogP contribution < -0.4 is 0 Å². The van der Waals surface area contributed by atoms with Crippen molar-refractivity contribution in [2.24, 2.45) is 0 Å². The van der Waals surface area contributed by atoms with Gasteiger partial charge in [-0.25, -0.2) is 4.98 Å². The molecule has 1 saturated heterocycles. The second-order valence-electron chi connectivity index (χ2n) is 3.75. The summed E-state index contributed by atoms with van der Waals surface area (Å²) in [5, 5.41) is 9.43. The number of carboxylic acids is 1. The number of thioether (sulfide) groups is 1. The summed E-state index contributed by atoms with van der Waals surface area (Å²) in [7, 11) is 0. The quantitative estimate of drug-likeness (QED) is 0.807. The van der Waals surface area contributed by atoms with Crippen molar-refractivity contribution in [2.75, 3.05) is 19.0 Å². The Morgan fingerprint density at radius 2 is 2.62 bits per heavy atom. The summed E-state index contributed by atoms with van der Waals surface area (Å²) in [5.41, 5.74) is 1.06. The molecule has 6 heteroatoms. The summed E-state index contributed by atoms with van der Waals surface area (Å²) in [6.45, 7) is 3.44. The summed E-state index contributed by atoms with van der Waals surface area (Å²) in [6, 6.07) is 0.304. The molecule has 88 valence electrons. The molecule has 1 atom stereocenters. The molecule has 0 aliphatic carbocycles. The number of imidazole rings is 1. The number of ether oxygens (including phenoxy) is 1. The van der Waals surface area contributed by atoms with Gasteiger partial charge in [0.25, 0.3) is 0 Å². The molecular formula is C10H14N2O3S. The van der Waals surface area contributed by atoms with Crippen LogP contribution in [0.4, 0.5) is 0 Å². The van der Waals surface area contributed by atoms with Crippen molar-refractivity contribution < 1.29 is 14.6 Å². The molecule has 1 aliphatic rings. The van der Waals surface area contributed by atoms with Crippen LogP contribution >= 0.6 is 11.8 Å². The summed E-state index contributed by atoms with van der Waals surface area (Å²) in [6.07, 6.45) is 2.75. The van der Waals surface area contributed by atoms with E-state index in [4.69, 9.17) is 9.84 Å². The van der Waals surface area contributed by atoms with E-state index >= 15 is 0 Å². The fourth-order valence-corrected chi connectivity index (χ4v) is 2.64. The Kier molecular flexibility index (Phi) is 3.50. The third kappa shape index (κ3) is 2.38. The number of carbonyl (C=O) groups is 1. The number of aliphatic carboxylic acids is 1. The molecule has 0 saturated carbocycles. The van der Waals surface area contributed by atoms with E-state index in [0.717, 1.165) is 23.9 Å². The molecular weight excluding hydrogens is 228 g/mol. The summed E-state index contributed by atoms with van der Waals surface area (Å²) >= 11 is 1.26. The van der Waals surface area contributed by atoms with Crippen molar-refractivity contribution in [3.63, 3.8) is 0 Å². The molecule has 1 N–H and O–H groups in total. The molecule has 16 heavy (non-hydrogen) atoms. The number of aromatic nitrogens is 2. The molecule has 1 aliphatic heterocycles. The maximum atomic E-state index is 10.5. The van der Waals surface area contributed by atoms with E-state index in [-0.39, 0.29) is 5.75 Å². The summed E-state index contributed by atoms with van der Waals surface area (Å²) < 4.78 is 7.43. The minimum atomic E-state index is -0.820. The van der Waals surface area contributed by atoms with Gasteiger partial charge in [0.15, 0.2) is 5.16 Å². The van der Waals surface area contributed by atoms with Crippen LogP contribution in [0.1, 0.15) is 18.2 Å². The van der Waals surface area contributed by atoms with Crippen molar-refractivity contribution in [1.82, 2.24) is 9.55 Å². The largest absolute Gasteiger partial charge is 0.481 e. The highest BCUT2D eigenvalue weighted by molar-refractivity contribution is 7.99. The third-order valence-electron chi connectivity index (χ3n) is 2.54. The number of nitrogens with zero attached hydrogens (tertiary/aromatic N) is 2. The smallest absolute Gasteiger partial charge is 0.313 e. The van der Waals surface area contributed by atoms with Crippen LogP contribution in [0.25, 0.3) is 0 Å². The van der Waals surface area contributed by atoms with E-state index in [2.05, 4.69) is 9.55 Å². The van der Waals surface area contributed by atoms with Gasteiger partial charge in [0.05, 0.1) is 18.4 Å². The average molecular weight is 242 g/mol. The number of aryl methyl sites for hydroxylation is 1. The molecule has 5 nitrogen and oxygen atoms in total. The lowest BCUT2D eigenvalue weighted by molar-refractivity contribution is -0.133. The van der Waals surface area contributed by atoms with Gasteiger partial charge in [-0.2, -0.15) is 0 Å². The Morgan fingerprint density at radius 3 is 3.25 bits per heavy atom. The van der Waals surface area contributed by atoms with Crippen LogP contribution in [0.2, 0.25) is 0 Å². The van der Waals surface area contributed by atoms with Gasteiger partial charge in [-0.05, 0) is 13.3 Å². The highest BCUT2D eigenvalue weighted by atomic mass is 32.2. The zero-order chi connectivity index (χ0) is 11.5. The minimum absolute atomic E-state index is 0.0457. The molecule has 1 unspecified atom stereocenters. The SMILES string of the molecule is Cc1cnc(SCC(=O)O)n1C1CCOC1. The van der Waals surface area contributed by atoms with Gasteiger partial charge in [0.2, 0.25) is 0 Å². The van der Waals surface area contributed by atoms with E-state index in [9.17, 15) is 4.79 Å². The third-order valence-corrected chi connectivity index (χ3v) is 3.50. The van der Waals surface area contributed by atoms with Gasteiger partial charge in [0.1, 0.15) is 0 Å². The van der Waals surface area contributed by atoms with E-state index in [1.807, 2.05) is 6.92 Å². The van der Waals surface area contributed by atoms with Crippen LogP contribution in [0, 0.1) is 6.92 Å². The van der Waals surface area contributed by atoms with Crippen molar-refractivity contribution in [1.29, 1.82) is 0 Å². The maximum absolute atomic E-state index is 10.5. The molecule has 2 heterocycles. The number of hydrogen-bond acceptors (Lipinski definition) is 4. The maximum Gasteiger partial charge on any atom is 0.313 e. The number of hydrogen-bond donors (Lipinski definition) is 1. The van der Waals surface area contributed by atoms with Crippen molar-refractivity contribution >= 4 is 17.7 Å². The first-order chi connectivity index (χ1) is 7.68. The average Bonchev–Trinajstić information content (AvgIpc) is 2.83. The molecule has 0 aromatic carbocycles. The van der Waals surface area contributed by atoms with Crippen molar-refractivity contribution in [2.45, 2.75) is 24.5 Å². The first kappa shape index (κ1) is 11.5. The lowest BCUT2D eigenvalue weighted by Gasteiger charge is -2.14. The summed E-state index contributed by atoms with van der Waals surface area (Å²) in [4.78, 5) is 14.8. The molecule has 0 radical (unpaired) electrons. The first-order valence-electron chi connectivity index (χ1n) is 5.14. The van der Waals surface area contributed by atoms with Crippen LogP contribution in [-0.4, -0.2) is 39.6 Å². The molecule has 1 fully saturated rings. The molecule has 0 spiro atoms. The lowest BCUT2D eigenvalue weighted by Crippen LogP contribution is -2.12.